The summed E-state index contributed by atoms with van der Waals surface area (Å²) in [4.78, 5) is 19.8. The molecule has 0 aromatic carbocycles. The van der Waals surface area contributed by atoms with Gasteiger partial charge in [-0.15, -0.1) is 0 Å². The Morgan fingerprint density at radius 2 is 2.36 bits per heavy atom. The van der Waals surface area contributed by atoms with Crippen molar-refractivity contribution in [2.45, 2.75) is 12.5 Å². The van der Waals surface area contributed by atoms with Gasteiger partial charge in [0.1, 0.15) is 12.9 Å². The number of ether oxygens (including phenoxy) is 1. The van der Waals surface area contributed by atoms with Crippen LogP contribution in [0.4, 0.5) is 0 Å². The molecule has 1 aromatic rings. The molecule has 14 heavy (non-hydrogen) atoms. The molecule has 0 aliphatic carbocycles. The standard InChI is InChI=1S/C7H11N3O4/c11-2-1-5(12)3-14-7-9-4-8-6(13)10-7/h4-5,11-12H,1-3H2,(H,8,9,10,13). The monoisotopic (exact) mass is 201 g/mol. The SMILES string of the molecule is O=c1ncnc(OCC(O)CCO)[nH]1. The van der Waals surface area contributed by atoms with Crippen LogP contribution in [0.2, 0.25) is 0 Å². The fourth-order valence-electron chi connectivity index (χ4n) is 0.771. The molecule has 0 bridgehead atoms. The van der Waals surface area contributed by atoms with E-state index in [4.69, 9.17) is 14.9 Å². The summed E-state index contributed by atoms with van der Waals surface area (Å²) in [6, 6.07) is 0.00184. The Bertz CT molecular complexity index is 327. The molecule has 78 valence electrons. The highest BCUT2D eigenvalue weighted by Gasteiger charge is 2.05. The van der Waals surface area contributed by atoms with Gasteiger partial charge in [-0.2, -0.15) is 9.97 Å². The molecule has 1 aromatic heterocycles. The number of hydrogen-bond acceptors (Lipinski definition) is 6. The molecule has 1 unspecified atom stereocenters. The summed E-state index contributed by atoms with van der Waals surface area (Å²) in [5.74, 6) is 0. The zero-order valence-electron chi connectivity index (χ0n) is 7.38. The fourth-order valence-corrected chi connectivity index (χ4v) is 0.771. The van der Waals surface area contributed by atoms with Crippen LogP contribution in [0.15, 0.2) is 11.1 Å². The second-order valence-electron chi connectivity index (χ2n) is 2.59. The number of aromatic nitrogens is 3. The number of aromatic amines is 1. The average molecular weight is 201 g/mol. The van der Waals surface area contributed by atoms with Crippen LogP contribution < -0.4 is 10.4 Å². The van der Waals surface area contributed by atoms with Crippen LogP contribution in [0, 0.1) is 0 Å². The van der Waals surface area contributed by atoms with E-state index in [2.05, 4.69) is 15.0 Å². The average Bonchev–Trinajstić information content (AvgIpc) is 2.15. The topological polar surface area (TPSA) is 108 Å². The van der Waals surface area contributed by atoms with Gasteiger partial charge in [0.15, 0.2) is 0 Å². The number of aliphatic hydroxyl groups is 2. The van der Waals surface area contributed by atoms with Crippen molar-refractivity contribution >= 4 is 0 Å². The molecule has 0 radical (unpaired) electrons. The third-order valence-corrected chi connectivity index (χ3v) is 1.44. The molecular formula is C7H11N3O4. The molecule has 0 saturated carbocycles. The number of H-pyrrole nitrogens is 1. The van der Waals surface area contributed by atoms with E-state index in [1.165, 1.54) is 0 Å². The van der Waals surface area contributed by atoms with Gasteiger partial charge in [0, 0.05) is 6.61 Å². The van der Waals surface area contributed by atoms with E-state index >= 15 is 0 Å². The molecule has 0 spiro atoms. The van der Waals surface area contributed by atoms with E-state index in [0.717, 1.165) is 6.33 Å². The number of rotatable bonds is 5. The smallest absolute Gasteiger partial charge is 0.350 e. The van der Waals surface area contributed by atoms with Gasteiger partial charge in [-0.1, -0.05) is 0 Å². The van der Waals surface area contributed by atoms with Crippen molar-refractivity contribution in [2.24, 2.45) is 0 Å². The first-order chi connectivity index (χ1) is 6.72. The first kappa shape index (κ1) is 10.6. The molecule has 1 atom stereocenters. The van der Waals surface area contributed by atoms with Gasteiger partial charge in [0.05, 0.1) is 6.10 Å². The van der Waals surface area contributed by atoms with Crippen molar-refractivity contribution in [1.29, 1.82) is 0 Å². The van der Waals surface area contributed by atoms with Crippen molar-refractivity contribution in [2.75, 3.05) is 13.2 Å². The van der Waals surface area contributed by atoms with E-state index in [9.17, 15) is 4.79 Å². The Labute approximate surface area is 79.4 Å². The molecule has 0 amide bonds. The van der Waals surface area contributed by atoms with E-state index in [1.807, 2.05) is 0 Å². The van der Waals surface area contributed by atoms with Gasteiger partial charge < -0.3 is 14.9 Å². The van der Waals surface area contributed by atoms with E-state index in [-0.39, 0.29) is 25.6 Å². The van der Waals surface area contributed by atoms with Crippen molar-refractivity contribution in [3.63, 3.8) is 0 Å². The third kappa shape index (κ3) is 3.50. The number of nitrogens with zero attached hydrogens (tertiary/aromatic N) is 2. The summed E-state index contributed by atoms with van der Waals surface area (Å²) in [6.07, 6.45) is 0.500. The molecule has 0 aliphatic rings. The quantitative estimate of drug-likeness (QED) is 0.523. The number of aliphatic hydroxyl groups excluding tert-OH is 2. The van der Waals surface area contributed by atoms with Gasteiger partial charge >= 0.3 is 5.69 Å². The lowest BCUT2D eigenvalue weighted by Crippen LogP contribution is -2.21. The lowest BCUT2D eigenvalue weighted by atomic mass is 10.3. The summed E-state index contributed by atoms with van der Waals surface area (Å²) < 4.78 is 4.93. The first-order valence-electron chi connectivity index (χ1n) is 4.05. The molecule has 0 saturated heterocycles. The number of nitrogens with one attached hydrogen (secondary N) is 1. The molecular weight excluding hydrogens is 190 g/mol. The predicted octanol–water partition coefficient (Wildman–Crippen LogP) is -1.71. The largest absolute Gasteiger partial charge is 0.462 e. The Kier molecular flexibility index (Phi) is 4.02. The molecule has 7 heteroatoms. The second kappa shape index (κ2) is 5.30. The van der Waals surface area contributed by atoms with Crippen molar-refractivity contribution in [3.8, 4) is 6.01 Å². The van der Waals surface area contributed by atoms with Gasteiger partial charge in [0.25, 0.3) is 6.01 Å². The molecule has 7 nitrogen and oxygen atoms in total. The Morgan fingerprint density at radius 3 is 3.00 bits per heavy atom. The lowest BCUT2D eigenvalue weighted by Gasteiger charge is -2.08. The zero-order chi connectivity index (χ0) is 10.4. The molecule has 1 rings (SSSR count). The first-order valence-corrected chi connectivity index (χ1v) is 4.05. The van der Waals surface area contributed by atoms with Gasteiger partial charge in [-0.05, 0) is 6.42 Å². The van der Waals surface area contributed by atoms with E-state index in [0.29, 0.717) is 0 Å². The molecule has 0 aliphatic heterocycles. The Morgan fingerprint density at radius 1 is 1.57 bits per heavy atom. The highest BCUT2D eigenvalue weighted by molar-refractivity contribution is 4.87. The summed E-state index contributed by atoms with van der Waals surface area (Å²) in [7, 11) is 0. The van der Waals surface area contributed by atoms with Crippen molar-refractivity contribution in [1.82, 2.24) is 15.0 Å². The lowest BCUT2D eigenvalue weighted by molar-refractivity contribution is 0.0778. The summed E-state index contributed by atoms with van der Waals surface area (Å²) in [5.41, 5.74) is -0.563. The third-order valence-electron chi connectivity index (χ3n) is 1.44. The zero-order valence-corrected chi connectivity index (χ0v) is 7.38. The Hall–Kier alpha value is -1.47. The summed E-state index contributed by atoms with van der Waals surface area (Å²) >= 11 is 0. The van der Waals surface area contributed by atoms with Crippen LogP contribution in [-0.2, 0) is 0 Å². The molecule has 0 fully saturated rings. The van der Waals surface area contributed by atoms with E-state index < -0.39 is 11.8 Å². The van der Waals surface area contributed by atoms with Crippen LogP contribution in [0.1, 0.15) is 6.42 Å². The Balaban J connectivity index is 2.41. The van der Waals surface area contributed by atoms with Crippen LogP contribution in [0.5, 0.6) is 6.01 Å². The van der Waals surface area contributed by atoms with Crippen molar-refractivity contribution in [3.05, 3.63) is 16.8 Å². The minimum atomic E-state index is -0.779. The minimum absolute atomic E-state index is 0.00184. The number of hydrogen-bond donors (Lipinski definition) is 3. The molecule has 1 heterocycles. The maximum Gasteiger partial charge on any atom is 0.350 e. The fraction of sp³-hybridized carbons (Fsp3) is 0.571. The van der Waals surface area contributed by atoms with Crippen molar-refractivity contribution < 1.29 is 14.9 Å². The normalized spacial score (nSPS) is 12.4. The maximum absolute atomic E-state index is 10.7. The minimum Gasteiger partial charge on any atom is -0.462 e. The van der Waals surface area contributed by atoms with Crippen LogP contribution in [-0.4, -0.2) is 44.5 Å². The van der Waals surface area contributed by atoms with E-state index in [1.54, 1.807) is 0 Å². The van der Waals surface area contributed by atoms with Gasteiger partial charge in [-0.3, -0.25) is 4.98 Å². The summed E-state index contributed by atoms with van der Waals surface area (Å²) in [6.45, 7) is -0.154. The van der Waals surface area contributed by atoms with Crippen LogP contribution >= 0.6 is 0 Å². The van der Waals surface area contributed by atoms with Gasteiger partial charge in [0.2, 0.25) is 0 Å². The van der Waals surface area contributed by atoms with Crippen LogP contribution in [0.25, 0.3) is 0 Å². The molecule has 3 N–H and O–H groups in total. The predicted molar refractivity (Wildman–Crippen MR) is 45.9 cm³/mol. The van der Waals surface area contributed by atoms with Crippen LogP contribution in [0.3, 0.4) is 0 Å². The highest BCUT2D eigenvalue weighted by atomic mass is 16.5. The highest BCUT2D eigenvalue weighted by Crippen LogP contribution is 1.97. The summed E-state index contributed by atoms with van der Waals surface area (Å²) in [5, 5.41) is 17.6. The maximum atomic E-state index is 10.7. The van der Waals surface area contributed by atoms with Gasteiger partial charge in [-0.25, -0.2) is 4.79 Å². The second-order valence-corrected chi connectivity index (χ2v) is 2.59.